The first-order chi connectivity index (χ1) is 10.7. The van der Waals surface area contributed by atoms with E-state index in [1.165, 1.54) is 6.20 Å². The van der Waals surface area contributed by atoms with E-state index in [1.54, 1.807) is 0 Å². The number of nitrogens with zero attached hydrogens (tertiary/aromatic N) is 3. The van der Waals surface area contributed by atoms with Crippen LogP contribution in [0.15, 0.2) is 35.4 Å². The lowest BCUT2D eigenvalue weighted by Gasteiger charge is -2.16. The minimum absolute atomic E-state index is 0.00576. The number of hydrogen-bond donors (Lipinski definition) is 1. The molecule has 0 unspecified atom stereocenters. The van der Waals surface area contributed by atoms with Gasteiger partial charge in [-0.05, 0) is 18.2 Å². The molecule has 0 fully saturated rings. The van der Waals surface area contributed by atoms with Crippen molar-refractivity contribution in [3.63, 3.8) is 0 Å². The van der Waals surface area contributed by atoms with Gasteiger partial charge in [-0.2, -0.15) is 17.5 Å². The Hall–Kier alpha value is -2.20. The maximum absolute atomic E-state index is 12.8. The third-order valence-corrected chi connectivity index (χ3v) is 5.23. The number of nitrogen functional groups attached to an aromatic ring is 1. The molecule has 1 aromatic heterocycles. The second-order valence-electron chi connectivity index (χ2n) is 5.00. The molecule has 2 aromatic rings. The van der Waals surface area contributed by atoms with Crippen molar-refractivity contribution in [2.24, 2.45) is 0 Å². The van der Waals surface area contributed by atoms with Crippen LogP contribution < -0.4 is 5.73 Å². The van der Waals surface area contributed by atoms with E-state index in [0.29, 0.717) is 17.3 Å². The first kappa shape index (κ1) is 15.7. The van der Waals surface area contributed by atoms with Gasteiger partial charge in [-0.15, -0.1) is 0 Å². The minimum atomic E-state index is -4.61. The molecule has 0 atom stereocenters. The molecule has 0 radical (unpaired) electrons. The molecule has 0 bridgehead atoms. The molecule has 1 aromatic carbocycles. The zero-order valence-corrected chi connectivity index (χ0v) is 12.4. The van der Waals surface area contributed by atoms with Crippen molar-refractivity contribution < 1.29 is 21.6 Å². The molecule has 1 aliphatic heterocycles. The van der Waals surface area contributed by atoms with Crippen molar-refractivity contribution in [2.75, 3.05) is 5.73 Å². The van der Waals surface area contributed by atoms with Gasteiger partial charge in [0.1, 0.15) is 0 Å². The van der Waals surface area contributed by atoms with E-state index < -0.39 is 26.7 Å². The minimum Gasteiger partial charge on any atom is -0.368 e. The highest BCUT2D eigenvalue weighted by atomic mass is 32.2. The van der Waals surface area contributed by atoms with E-state index in [1.807, 2.05) is 0 Å². The highest BCUT2D eigenvalue weighted by Crippen LogP contribution is 2.33. The lowest BCUT2D eigenvalue weighted by molar-refractivity contribution is -0.137. The summed E-state index contributed by atoms with van der Waals surface area (Å²) >= 11 is 0. The Morgan fingerprint density at radius 1 is 1.22 bits per heavy atom. The summed E-state index contributed by atoms with van der Waals surface area (Å²) in [6.45, 7) is -0.0607. The standard InChI is InChI=1S/C13H11F3N4O2S/c14-13(15,16)9-2-1-3-10(4-9)23(21,22)20-6-8-5-18-12(17)19-11(8)7-20/h1-5H,6-7H2,(H2,17,18,19). The number of sulfonamides is 1. The second kappa shape index (κ2) is 5.17. The van der Waals surface area contributed by atoms with Crippen molar-refractivity contribution in [2.45, 2.75) is 24.2 Å². The fourth-order valence-corrected chi connectivity index (χ4v) is 3.72. The number of benzene rings is 1. The van der Waals surface area contributed by atoms with Gasteiger partial charge in [0.05, 0.1) is 22.7 Å². The second-order valence-corrected chi connectivity index (χ2v) is 6.94. The van der Waals surface area contributed by atoms with Gasteiger partial charge in [-0.1, -0.05) is 6.07 Å². The largest absolute Gasteiger partial charge is 0.416 e. The molecular weight excluding hydrogens is 333 g/mol. The fourth-order valence-electron chi connectivity index (χ4n) is 2.29. The number of hydrogen-bond acceptors (Lipinski definition) is 5. The van der Waals surface area contributed by atoms with Crippen LogP contribution in [0.2, 0.25) is 0 Å². The average Bonchev–Trinajstić information content (AvgIpc) is 2.90. The number of fused-ring (bicyclic) bond motifs is 1. The number of aromatic nitrogens is 2. The third-order valence-electron chi connectivity index (χ3n) is 3.44. The molecule has 23 heavy (non-hydrogen) atoms. The summed E-state index contributed by atoms with van der Waals surface area (Å²) in [6.07, 6.45) is -3.20. The Balaban J connectivity index is 1.95. The van der Waals surface area contributed by atoms with Gasteiger partial charge in [0.25, 0.3) is 0 Å². The van der Waals surface area contributed by atoms with Gasteiger partial charge >= 0.3 is 6.18 Å². The Morgan fingerprint density at radius 3 is 2.65 bits per heavy atom. The molecule has 0 saturated heterocycles. The smallest absolute Gasteiger partial charge is 0.368 e. The lowest BCUT2D eigenvalue weighted by Crippen LogP contribution is -2.26. The maximum atomic E-state index is 12.8. The van der Waals surface area contributed by atoms with Crippen molar-refractivity contribution in [3.8, 4) is 0 Å². The van der Waals surface area contributed by atoms with Gasteiger partial charge < -0.3 is 5.73 Å². The third kappa shape index (κ3) is 2.86. The van der Waals surface area contributed by atoms with Gasteiger partial charge in [-0.25, -0.2) is 18.4 Å². The normalized spacial score (nSPS) is 15.6. The topological polar surface area (TPSA) is 89.2 Å². The van der Waals surface area contributed by atoms with Crippen molar-refractivity contribution in [3.05, 3.63) is 47.3 Å². The van der Waals surface area contributed by atoms with Crippen LogP contribution in [0.1, 0.15) is 16.8 Å². The predicted molar refractivity (Wildman–Crippen MR) is 74.3 cm³/mol. The average molecular weight is 344 g/mol. The number of nitrogens with two attached hydrogens (primary N) is 1. The summed E-state index contributed by atoms with van der Waals surface area (Å²) < 4.78 is 64.4. The quantitative estimate of drug-likeness (QED) is 0.897. The molecular formula is C13H11F3N4O2S. The fraction of sp³-hybridized carbons (Fsp3) is 0.231. The van der Waals surface area contributed by atoms with Crippen LogP contribution in [0.3, 0.4) is 0 Å². The predicted octanol–water partition coefficient (Wildman–Crippen LogP) is 1.78. The Kier molecular flexibility index (Phi) is 3.52. The molecule has 6 nitrogen and oxygen atoms in total. The molecule has 0 aliphatic carbocycles. The van der Waals surface area contributed by atoms with E-state index in [-0.39, 0.29) is 19.0 Å². The van der Waals surface area contributed by atoms with Crippen LogP contribution in [0.4, 0.5) is 19.1 Å². The summed E-state index contributed by atoms with van der Waals surface area (Å²) in [7, 11) is -4.08. The number of anilines is 1. The van der Waals surface area contributed by atoms with Crippen molar-refractivity contribution in [1.29, 1.82) is 0 Å². The number of rotatable bonds is 2. The van der Waals surface area contributed by atoms with Gasteiger partial charge in [0, 0.05) is 18.3 Å². The Morgan fingerprint density at radius 2 is 1.96 bits per heavy atom. The maximum Gasteiger partial charge on any atom is 0.416 e. The van der Waals surface area contributed by atoms with Crippen LogP contribution in [0.5, 0.6) is 0 Å². The molecule has 2 heterocycles. The zero-order chi connectivity index (χ0) is 16.8. The molecule has 1 aliphatic rings. The monoisotopic (exact) mass is 344 g/mol. The summed E-state index contributed by atoms with van der Waals surface area (Å²) in [5, 5.41) is 0. The zero-order valence-electron chi connectivity index (χ0n) is 11.6. The van der Waals surface area contributed by atoms with Crippen LogP contribution in [-0.4, -0.2) is 22.7 Å². The van der Waals surface area contributed by atoms with Gasteiger partial charge in [-0.3, -0.25) is 0 Å². The van der Waals surface area contributed by atoms with E-state index in [4.69, 9.17) is 5.73 Å². The van der Waals surface area contributed by atoms with E-state index in [9.17, 15) is 21.6 Å². The van der Waals surface area contributed by atoms with Crippen LogP contribution in [0, 0.1) is 0 Å². The summed E-state index contributed by atoms with van der Waals surface area (Å²) in [5.74, 6) is 0.0158. The van der Waals surface area contributed by atoms with Crippen molar-refractivity contribution in [1.82, 2.24) is 14.3 Å². The van der Waals surface area contributed by atoms with Gasteiger partial charge in [0.2, 0.25) is 16.0 Å². The van der Waals surface area contributed by atoms with Crippen LogP contribution >= 0.6 is 0 Å². The molecule has 122 valence electrons. The van der Waals surface area contributed by atoms with Crippen LogP contribution in [0.25, 0.3) is 0 Å². The van der Waals surface area contributed by atoms with E-state index in [0.717, 1.165) is 22.5 Å². The Bertz CT molecular complexity index is 868. The summed E-state index contributed by atoms with van der Waals surface area (Å²) in [5.41, 5.74) is 5.46. The lowest BCUT2D eigenvalue weighted by atomic mass is 10.2. The van der Waals surface area contributed by atoms with Crippen molar-refractivity contribution >= 4 is 16.0 Å². The highest BCUT2D eigenvalue weighted by Gasteiger charge is 2.35. The Labute approximate surface area is 129 Å². The van der Waals surface area contributed by atoms with Gasteiger partial charge in [0.15, 0.2) is 0 Å². The first-order valence-corrected chi connectivity index (χ1v) is 7.89. The van der Waals surface area contributed by atoms with E-state index >= 15 is 0 Å². The molecule has 3 rings (SSSR count). The summed E-state index contributed by atoms with van der Waals surface area (Å²) in [6, 6.07) is 3.65. The summed E-state index contributed by atoms with van der Waals surface area (Å²) in [4.78, 5) is 7.32. The number of halogens is 3. The number of alkyl halides is 3. The molecule has 0 saturated carbocycles. The molecule has 0 spiro atoms. The molecule has 10 heteroatoms. The highest BCUT2D eigenvalue weighted by molar-refractivity contribution is 7.89. The first-order valence-electron chi connectivity index (χ1n) is 6.45. The molecule has 0 amide bonds. The van der Waals surface area contributed by atoms with Crippen LogP contribution in [-0.2, 0) is 29.3 Å². The molecule has 2 N–H and O–H groups in total. The SMILES string of the molecule is Nc1ncc2c(n1)CN(S(=O)(=O)c1cccc(C(F)(F)F)c1)C2. The van der Waals surface area contributed by atoms with E-state index in [2.05, 4.69) is 9.97 Å².